The molecule has 6 aromatic rings. The standard InChI is InChI=1S/C43H38O6/c44-37-25-35-22-24-39(46-28-32-15-7-2-8-16-32)43(48-30-34-19-11-4-12-20-34)42(35)49-41(37)36-21-23-38(45-27-31-13-5-1-6-14-31)40(26-36)47-29-33-17-9-3-10-18-33/h1-24,26,37,41,44H,25,27-30H2/t37-,41+/m1/s1. The first-order valence-electron chi connectivity index (χ1n) is 16.5. The SMILES string of the molecule is O[C@@H]1Cc2ccc(OCc3ccccc3)c(OCc3ccccc3)c2O[C@H]1c1ccc(OCc2ccccc2)c(OCc2ccccc2)c1. The van der Waals surface area contributed by atoms with Crippen LogP contribution in [0.15, 0.2) is 152 Å². The molecule has 0 bridgehead atoms. The van der Waals surface area contributed by atoms with Crippen LogP contribution in [0.3, 0.4) is 0 Å². The Hall–Kier alpha value is -5.72. The third-order valence-electron chi connectivity index (χ3n) is 8.41. The number of aliphatic hydroxyl groups is 1. The van der Waals surface area contributed by atoms with Crippen molar-refractivity contribution in [3.63, 3.8) is 0 Å². The summed E-state index contributed by atoms with van der Waals surface area (Å²) in [5, 5.41) is 11.4. The largest absolute Gasteiger partial charge is 0.485 e. The van der Waals surface area contributed by atoms with Crippen LogP contribution >= 0.6 is 0 Å². The number of rotatable bonds is 13. The normalized spacial score (nSPS) is 15.0. The molecule has 6 nitrogen and oxygen atoms in total. The van der Waals surface area contributed by atoms with Crippen molar-refractivity contribution in [2.75, 3.05) is 0 Å². The zero-order chi connectivity index (χ0) is 33.3. The summed E-state index contributed by atoms with van der Waals surface area (Å²) in [6.07, 6.45) is -1.10. The average Bonchev–Trinajstić information content (AvgIpc) is 3.16. The maximum Gasteiger partial charge on any atom is 0.204 e. The molecular weight excluding hydrogens is 612 g/mol. The topological polar surface area (TPSA) is 66.4 Å². The van der Waals surface area contributed by atoms with Gasteiger partial charge in [0, 0.05) is 12.0 Å². The second-order valence-corrected chi connectivity index (χ2v) is 12.0. The molecule has 49 heavy (non-hydrogen) atoms. The summed E-state index contributed by atoms with van der Waals surface area (Å²) >= 11 is 0. The monoisotopic (exact) mass is 650 g/mol. The van der Waals surface area contributed by atoms with Crippen LogP contribution in [0.25, 0.3) is 0 Å². The minimum Gasteiger partial charge on any atom is -0.485 e. The molecule has 0 aliphatic carbocycles. The Kier molecular flexibility index (Phi) is 10.0. The van der Waals surface area contributed by atoms with Crippen molar-refractivity contribution in [3.8, 4) is 28.7 Å². The Morgan fingerprint density at radius 2 is 0.939 bits per heavy atom. The Morgan fingerprint density at radius 3 is 1.47 bits per heavy atom. The smallest absolute Gasteiger partial charge is 0.204 e. The van der Waals surface area contributed by atoms with Crippen molar-refractivity contribution in [2.45, 2.75) is 45.1 Å². The van der Waals surface area contributed by atoms with Gasteiger partial charge < -0.3 is 28.8 Å². The Bertz CT molecular complexity index is 1930. The molecule has 0 unspecified atom stereocenters. The lowest BCUT2D eigenvalue weighted by molar-refractivity contribution is 0.0177. The molecule has 0 radical (unpaired) electrons. The maximum atomic E-state index is 11.4. The molecule has 0 fully saturated rings. The molecule has 1 heterocycles. The van der Waals surface area contributed by atoms with Gasteiger partial charge in [0.1, 0.15) is 26.4 Å². The number of benzene rings is 6. The van der Waals surface area contributed by atoms with E-state index in [4.69, 9.17) is 23.7 Å². The van der Waals surface area contributed by atoms with Gasteiger partial charge in [0.2, 0.25) is 5.75 Å². The first kappa shape index (κ1) is 31.9. The zero-order valence-electron chi connectivity index (χ0n) is 27.1. The van der Waals surface area contributed by atoms with Crippen LogP contribution in [0, 0.1) is 0 Å². The van der Waals surface area contributed by atoms with Gasteiger partial charge >= 0.3 is 0 Å². The summed E-state index contributed by atoms with van der Waals surface area (Å²) in [6.45, 7) is 1.47. The summed E-state index contributed by atoms with van der Waals surface area (Å²) in [5.74, 6) is 2.83. The van der Waals surface area contributed by atoms with Crippen LogP contribution in [0.1, 0.15) is 39.5 Å². The molecule has 2 atom stereocenters. The van der Waals surface area contributed by atoms with Gasteiger partial charge in [-0.2, -0.15) is 0 Å². The van der Waals surface area contributed by atoms with E-state index in [-0.39, 0.29) is 0 Å². The third kappa shape index (κ3) is 8.06. The van der Waals surface area contributed by atoms with Gasteiger partial charge in [-0.15, -0.1) is 0 Å². The molecule has 246 valence electrons. The predicted molar refractivity (Wildman–Crippen MR) is 189 cm³/mol. The van der Waals surface area contributed by atoms with E-state index in [9.17, 15) is 5.11 Å². The molecule has 0 aromatic heterocycles. The zero-order valence-corrected chi connectivity index (χ0v) is 27.1. The quantitative estimate of drug-likeness (QED) is 0.135. The minimum atomic E-state index is -0.802. The number of aliphatic hydroxyl groups excluding tert-OH is 1. The molecule has 0 spiro atoms. The second-order valence-electron chi connectivity index (χ2n) is 12.0. The van der Waals surface area contributed by atoms with Gasteiger partial charge in [-0.05, 0) is 46.0 Å². The molecule has 6 heteroatoms. The van der Waals surface area contributed by atoms with Crippen LogP contribution in [0.2, 0.25) is 0 Å². The Morgan fingerprint density at radius 1 is 0.490 bits per heavy atom. The van der Waals surface area contributed by atoms with Crippen LogP contribution in [0.4, 0.5) is 0 Å². The highest BCUT2D eigenvalue weighted by atomic mass is 16.6. The van der Waals surface area contributed by atoms with E-state index in [0.29, 0.717) is 61.6 Å². The van der Waals surface area contributed by atoms with E-state index >= 15 is 0 Å². The van der Waals surface area contributed by atoms with E-state index in [0.717, 1.165) is 33.4 Å². The fraction of sp³-hybridized carbons (Fsp3) is 0.163. The van der Waals surface area contributed by atoms with Crippen LogP contribution in [0.5, 0.6) is 28.7 Å². The summed E-state index contributed by atoms with van der Waals surface area (Å²) in [7, 11) is 0. The average molecular weight is 651 g/mol. The molecule has 0 saturated carbocycles. The summed E-state index contributed by atoms with van der Waals surface area (Å²) in [6, 6.07) is 49.6. The molecule has 1 aliphatic heterocycles. The Labute approximate surface area is 287 Å². The number of hydrogen-bond acceptors (Lipinski definition) is 6. The molecule has 1 aliphatic rings. The van der Waals surface area contributed by atoms with E-state index in [2.05, 4.69) is 0 Å². The number of ether oxygens (including phenoxy) is 5. The number of hydrogen-bond donors (Lipinski definition) is 1. The van der Waals surface area contributed by atoms with E-state index in [1.54, 1.807) is 0 Å². The molecule has 0 amide bonds. The van der Waals surface area contributed by atoms with Gasteiger partial charge in [-0.25, -0.2) is 0 Å². The fourth-order valence-corrected chi connectivity index (χ4v) is 5.82. The van der Waals surface area contributed by atoms with Gasteiger partial charge in [0.25, 0.3) is 0 Å². The Balaban J connectivity index is 1.18. The van der Waals surface area contributed by atoms with Gasteiger partial charge in [-0.1, -0.05) is 133 Å². The lowest BCUT2D eigenvalue weighted by atomic mass is 9.94. The first-order chi connectivity index (χ1) is 24.2. The maximum absolute atomic E-state index is 11.4. The summed E-state index contributed by atoms with van der Waals surface area (Å²) < 4.78 is 32.0. The first-order valence-corrected chi connectivity index (χ1v) is 16.5. The van der Waals surface area contributed by atoms with E-state index < -0.39 is 12.2 Å². The molecule has 6 aromatic carbocycles. The lowest BCUT2D eigenvalue weighted by Crippen LogP contribution is -2.30. The molecule has 1 N–H and O–H groups in total. The van der Waals surface area contributed by atoms with E-state index in [1.165, 1.54) is 0 Å². The summed E-state index contributed by atoms with van der Waals surface area (Å²) in [4.78, 5) is 0. The highest BCUT2D eigenvalue weighted by molar-refractivity contribution is 5.58. The highest BCUT2D eigenvalue weighted by Gasteiger charge is 2.34. The highest BCUT2D eigenvalue weighted by Crippen LogP contribution is 2.47. The van der Waals surface area contributed by atoms with Crippen LogP contribution in [-0.2, 0) is 32.8 Å². The van der Waals surface area contributed by atoms with Crippen molar-refractivity contribution in [1.29, 1.82) is 0 Å². The van der Waals surface area contributed by atoms with Crippen LogP contribution < -0.4 is 23.7 Å². The molecular formula is C43H38O6. The summed E-state index contributed by atoms with van der Waals surface area (Å²) in [5.41, 5.74) is 5.76. The van der Waals surface area contributed by atoms with Gasteiger partial charge in [0.05, 0.1) is 6.10 Å². The van der Waals surface area contributed by atoms with Gasteiger partial charge in [-0.3, -0.25) is 0 Å². The predicted octanol–water partition coefficient (Wildman–Crippen LogP) is 9.04. The van der Waals surface area contributed by atoms with Crippen molar-refractivity contribution in [2.24, 2.45) is 0 Å². The second kappa shape index (κ2) is 15.5. The minimum absolute atomic E-state index is 0.334. The molecule has 0 saturated heterocycles. The van der Waals surface area contributed by atoms with Crippen molar-refractivity contribution in [1.82, 2.24) is 0 Å². The third-order valence-corrected chi connectivity index (χ3v) is 8.41. The lowest BCUT2D eigenvalue weighted by Gasteiger charge is -2.33. The number of fused-ring (bicyclic) bond motifs is 1. The van der Waals surface area contributed by atoms with E-state index in [1.807, 2.05) is 152 Å². The molecule has 7 rings (SSSR count). The van der Waals surface area contributed by atoms with Gasteiger partial charge in [0.15, 0.2) is 29.1 Å². The van der Waals surface area contributed by atoms with Crippen molar-refractivity contribution < 1.29 is 28.8 Å². The van der Waals surface area contributed by atoms with Crippen molar-refractivity contribution >= 4 is 0 Å². The van der Waals surface area contributed by atoms with Crippen molar-refractivity contribution in [3.05, 3.63) is 185 Å². The van der Waals surface area contributed by atoms with Crippen LogP contribution in [-0.4, -0.2) is 11.2 Å². The fourth-order valence-electron chi connectivity index (χ4n) is 5.82.